The second-order valence-corrected chi connectivity index (χ2v) is 6.31. The Hall–Kier alpha value is -2.43. The molecule has 2 aliphatic heterocycles. The molecule has 10 heteroatoms. The molecule has 0 spiro atoms. The summed E-state index contributed by atoms with van der Waals surface area (Å²) in [6.07, 6.45) is 0. The fourth-order valence-corrected chi connectivity index (χ4v) is 3.66. The van der Waals surface area contributed by atoms with Crippen molar-refractivity contribution in [3.8, 4) is 16.3 Å². The van der Waals surface area contributed by atoms with Crippen molar-refractivity contribution < 1.29 is 9.84 Å². The summed E-state index contributed by atoms with van der Waals surface area (Å²) < 4.78 is 5.40. The van der Waals surface area contributed by atoms with Crippen LogP contribution in [0.5, 0.6) is 5.75 Å². The molecule has 1 aromatic carbocycles. The number of guanidine groups is 1. The lowest BCUT2D eigenvalue weighted by Gasteiger charge is -2.35. The number of para-hydroxylation sites is 1. The largest absolute Gasteiger partial charge is 0.507 e. The number of benzene rings is 1. The zero-order valence-electron chi connectivity index (χ0n) is 12.7. The fraction of sp³-hybridized carbons (Fsp3) is 0.357. The van der Waals surface area contributed by atoms with Crippen LogP contribution < -0.4 is 5.73 Å². The van der Waals surface area contributed by atoms with Gasteiger partial charge in [-0.1, -0.05) is 23.5 Å². The van der Waals surface area contributed by atoms with Crippen LogP contribution in [0.4, 0.5) is 0 Å². The average molecular weight is 345 g/mol. The van der Waals surface area contributed by atoms with Crippen LogP contribution in [0.3, 0.4) is 0 Å². The smallest absolute Gasteiger partial charge is 0.285 e. The van der Waals surface area contributed by atoms with Gasteiger partial charge in [0.25, 0.3) is 5.79 Å². The van der Waals surface area contributed by atoms with Crippen molar-refractivity contribution in [3.63, 3.8) is 0 Å². The van der Waals surface area contributed by atoms with Gasteiger partial charge in [0.1, 0.15) is 5.75 Å². The molecule has 0 bridgehead atoms. The van der Waals surface area contributed by atoms with E-state index >= 15 is 0 Å². The van der Waals surface area contributed by atoms with Gasteiger partial charge in [-0.3, -0.25) is 0 Å². The van der Waals surface area contributed by atoms with Crippen molar-refractivity contribution in [1.29, 1.82) is 0 Å². The number of nitrogens with zero attached hydrogens (tertiary/aromatic N) is 6. The van der Waals surface area contributed by atoms with E-state index in [1.807, 2.05) is 11.0 Å². The van der Waals surface area contributed by atoms with E-state index in [-0.39, 0.29) is 11.7 Å². The Morgan fingerprint density at radius 2 is 2.00 bits per heavy atom. The maximum absolute atomic E-state index is 10.0. The summed E-state index contributed by atoms with van der Waals surface area (Å²) >= 11 is 1.31. The van der Waals surface area contributed by atoms with Crippen molar-refractivity contribution in [1.82, 2.24) is 15.1 Å². The summed E-state index contributed by atoms with van der Waals surface area (Å²) in [5.41, 5.74) is 6.36. The van der Waals surface area contributed by atoms with Crippen molar-refractivity contribution in [2.75, 3.05) is 26.3 Å². The Bertz CT molecular complexity index is 815. The van der Waals surface area contributed by atoms with Gasteiger partial charge >= 0.3 is 0 Å². The normalized spacial score (nSPS) is 24.2. The minimum atomic E-state index is -1.09. The first kappa shape index (κ1) is 15.1. The number of nitrogens with two attached hydrogens (primary N) is 1. The number of rotatable bonds is 3. The van der Waals surface area contributed by atoms with Crippen LogP contribution in [0, 0.1) is 0 Å². The van der Waals surface area contributed by atoms with Crippen molar-refractivity contribution in [2.45, 2.75) is 5.79 Å². The number of hydrogen-bond acceptors (Lipinski definition) is 10. The zero-order valence-corrected chi connectivity index (χ0v) is 13.5. The highest BCUT2D eigenvalue weighted by Gasteiger charge is 2.46. The molecular weight excluding hydrogens is 330 g/mol. The first-order valence-corrected chi connectivity index (χ1v) is 8.24. The first-order valence-electron chi connectivity index (χ1n) is 7.42. The van der Waals surface area contributed by atoms with Gasteiger partial charge in [-0.15, -0.1) is 20.4 Å². The van der Waals surface area contributed by atoms with Gasteiger partial charge in [-0.2, -0.15) is 4.99 Å². The lowest BCUT2D eigenvalue weighted by Crippen LogP contribution is -2.48. The van der Waals surface area contributed by atoms with E-state index in [0.29, 0.717) is 41.9 Å². The number of hydrogen-bond donors (Lipinski definition) is 2. The number of aromatic hydroxyl groups is 1. The van der Waals surface area contributed by atoms with Crippen molar-refractivity contribution in [2.24, 2.45) is 21.0 Å². The maximum atomic E-state index is 10.0. The number of phenols is 1. The highest BCUT2D eigenvalue weighted by atomic mass is 32.1. The van der Waals surface area contributed by atoms with Crippen LogP contribution in [0.1, 0.15) is 5.01 Å². The van der Waals surface area contributed by atoms with E-state index in [9.17, 15) is 5.11 Å². The molecule has 0 radical (unpaired) electrons. The van der Waals surface area contributed by atoms with Crippen LogP contribution in [-0.4, -0.2) is 52.5 Å². The molecule has 3 heterocycles. The van der Waals surface area contributed by atoms with Gasteiger partial charge in [0.2, 0.25) is 5.96 Å². The highest BCUT2D eigenvalue weighted by molar-refractivity contribution is 7.14. The van der Waals surface area contributed by atoms with Gasteiger partial charge in [-0.25, -0.2) is 4.90 Å². The Balaban J connectivity index is 1.75. The van der Waals surface area contributed by atoms with Gasteiger partial charge in [0, 0.05) is 13.1 Å². The van der Waals surface area contributed by atoms with Crippen molar-refractivity contribution in [3.05, 3.63) is 29.3 Å². The van der Waals surface area contributed by atoms with Gasteiger partial charge in [-0.05, 0) is 12.1 Å². The number of aliphatic imine (C=N–C) groups is 1. The number of ether oxygens (including phenoxy) is 1. The van der Waals surface area contributed by atoms with Crippen LogP contribution in [0.25, 0.3) is 10.6 Å². The van der Waals surface area contributed by atoms with Crippen LogP contribution >= 0.6 is 11.3 Å². The third-order valence-electron chi connectivity index (χ3n) is 3.86. The summed E-state index contributed by atoms with van der Waals surface area (Å²) in [7, 11) is 0. The summed E-state index contributed by atoms with van der Waals surface area (Å²) in [6.45, 7) is 2.44. The molecule has 1 saturated heterocycles. The monoisotopic (exact) mass is 345 g/mol. The molecule has 1 unspecified atom stereocenters. The molecule has 0 saturated carbocycles. The SMILES string of the molecule is NC1=NC(c2nnc(-c3ccccc3O)s2)(N2CCOCC2)N=N1. The quantitative estimate of drug-likeness (QED) is 0.860. The fourth-order valence-electron chi connectivity index (χ4n) is 2.68. The minimum absolute atomic E-state index is 0.112. The standard InChI is InChI=1S/C14H15N7O2S/c15-13-16-14(20-19-13,21-5-7-23-8-6-21)12-18-17-11(24-12)9-3-1-2-4-10(9)22/h1-4,22H,5-8H2,(H2,15,16). The molecular formula is C14H15N7O2S. The summed E-state index contributed by atoms with van der Waals surface area (Å²) in [5.74, 6) is -0.828. The summed E-state index contributed by atoms with van der Waals surface area (Å²) in [4.78, 5) is 6.44. The lowest BCUT2D eigenvalue weighted by molar-refractivity contribution is -0.0195. The highest BCUT2D eigenvalue weighted by Crippen LogP contribution is 2.40. The van der Waals surface area contributed by atoms with E-state index in [1.54, 1.807) is 18.2 Å². The zero-order chi connectivity index (χ0) is 16.6. The molecule has 2 aliphatic rings. The lowest BCUT2D eigenvalue weighted by atomic mass is 10.2. The van der Waals surface area contributed by atoms with Crippen LogP contribution in [-0.2, 0) is 10.5 Å². The third kappa shape index (κ3) is 2.44. The predicted octanol–water partition coefficient (Wildman–Crippen LogP) is 1.13. The molecule has 2 aromatic rings. The van der Waals surface area contributed by atoms with Crippen LogP contribution in [0.15, 0.2) is 39.5 Å². The number of phenolic OH excluding ortho intramolecular Hbond substituents is 1. The van der Waals surface area contributed by atoms with E-state index in [2.05, 4.69) is 25.4 Å². The van der Waals surface area contributed by atoms with Crippen molar-refractivity contribution >= 4 is 17.3 Å². The van der Waals surface area contributed by atoms with Gasteiger partial charge in [0.15, 0.2) is 10.0 Å². The second-order valence-electron chi connectivity index (χ2n) is 5.33. The molecule has 0 amide bonds. The Labute approximate surface area is 141 Å². The topological polar surface area (TPSA) is 122 Å². The number of aromatic nitrogens is 2. The molecule has 0 aliphatic carbocycles. The minimum Gasteiger partial charge on any atom is -0.507 e. The van der Waals surface area contributed by atoms with Gasteiger partial charge < -0.3 is 15.6 Å². The second kappa shape index (κ2) is 5.89. The molecule has 1 fully saturated rings. The Morgan fingerprint density at radius 1 is 1.21 bits per heavy atom. The molecule has 4 rings (SSSR count). The molecule has 24 heavy (non-hydrogen) atoms. The molecule has 124 valence electrons. The van der Waals surface area contributed by atoms with E-state index in [4.69, 9.17) is 10.5 Å². The number of azo groups is 1. The summed E-state index contributed by atoms with van der Waals surface area (Å²) in [5, 5.41) is 27.8. The van der Waals surface area contributed by atoms with Crippen LogP contribution in [0.2, 0.25) is 0 Å². The predicted molar refractivity (Wildman–Crippen MR) is 87.6 cm³/mol. The van der Waals surface area contributed by atoms with E-state index < -0.39 is 5.79 Å². The summed E-state index contributed by atoms with van der Waals surface area (Å²) in [6, 6.07) is 6.99. The van der Waals surface area contributed by atoms with E-state index in [0.717, 1.165) is 0 Å². The molecule has 9 nitrogen and oxygen atoms in total. The first-order chi connectivity index (χ1) is 11.7. The maximum Gasteiger partial charge on any atom is 0.285 e. The molecule has 1 atom stereocenters. The number of morpholine rings is 1. The van der Waals surface area contributed by atoms with E-state index in [1.165, 1.54) is 11.3 Å². The average Bonchev–Trinajstić information content (AvgIpc) is 3.24. The third-order valence-corrected chi connectivity index (χ3v) is 4.90. The molecule has 1 aromatic heterocycles. The Morgan fingerprint density at radius 3 is 2.71 bits per heavy atom. The van der Waals surface area contributed by atoms with Gasteiger partial charge in [0.05, 0.1) is 18.8 Å². The molecule has 3 N–H and O–H groups in total. The Kier molecular flexibility index (Phi) is 3.71.